The van der Waals surface area contributed by atoms with Crippen LogP contribution in [0.2, 0.25) is 0 Å². The minimum absolute atomic E-state index is 0.401. The molecule has 2 heteroatoms. The lowest BCUT2D eigenvalue weighted by atomic mass is 9.69. The van der Waals surface area contributed by atoms with Crippen LogP contribution in [0.4, 0.5) is 0 Å². The zero-order chi connectivity index (χ0) is 14.9. The molecular weight excluding hydrogens is 256 g/mol. The molecule has 114 valence electrons. The zero-order valence-corrected chi connectivity index (χ0v) is 13.6. The molecule has 1 saturated carbocycles. The quantitative estimate of drug-likeness (QED) is 0.827. The maximum atomic E-state index is 3.85. The average Bonchev–Trinajstić information content (AvgIpc) is 2.88. The van der Waals surface area contributed by atoms with E-state index in [0.717, 1.165) is 12.5 Å². The van der Waals surface area contributed by atoms with Crippen LogP contribution in [0.25, 0.3) is 10.9 Å². The van der Waals surface area contributed by atoms with Crippen LogP contribution >= 0.6 is 0 Å². The maximum Gasteiger partial charge on any atom is 0.0457 e. The highest BCUT2D eigenvalue weighted by Crippen LogP contribution is 2.38. The van der Waals surface area contributed by atoms with Gasteiger partial charge < -0.3 is 10.3 Å². The van der Waals surface area contributed by atoms with Gasteiger partial charge in [-0.15, -0.1) is 0 Å². The van der Waals surface area contributed by atoms with E-state index in [1.807, 2.05) is 0 Å². The number of fused-ring (bicyclic) bond motifs is 1. The Labute approximate surface area is 128 Å². The van der Waals surface area contributed by atoms with Crippen molar-refractivity contribution in [3.05, 3.63) is 36.0 Å². The summed E-state index contributed by atoms with van der Waals surface area (Å²) >= 11 is 0. The van der Waals surface area contributed by atoms with E-state index >= 15 is 0 Å². The molecule has 21 heavy (non-hydrogen) atoms. The molecule has 1 aromatic carbocycles. The number of nitrogens with one attached hydrogen (secondary N) is 2. The fourth-order valence-electron chi connectivity index (χ4n) is 3.93. The van der Waals surface area contributed by atoms with Crippen molar-refractivity contribution in [3.63, 3.8) is 0 Å². The predicted octanol–water partition coefficient (Wildman–Crippen LogP) is 4.86. The average molecular weight is 284 g/mol. The summed E-state index contributed by atoms with van der Waals surface area (Å²) in [5, 5.41) is 5.21. The molecule has 0 aliphatic heterocycles. The predicted molar refractivity (Wildman–Crippen MR) is 90.3 cm³/mol. The topological polar surface area (TPSA) is 27.8 Å². The summed E-state index contributed by atoms with van der Waals surface area (Å²) in [6, 6.07) is 9.24. The second-order valence-electron chi connectivity index (χ2n) is 7.60. The smallest absolute Gasteiger partial charge is 0.0457 e. The van der Waals surface area contributed by atoms with Gasteiger partial charge in [-0.2, -0.15) is 0 Å². The van der Waals surface area contributed by atoms with E-state index in [1.165, 1.54) is 42.1 Å². The SMILES string of the molecule is CC(C)(C)C1CCCCC1NCc1c[nH]c2ccccc12. The third-order valence-electron chi connectivity index (χ3n) is 5.11. The molecule has 0 spiro atoms. The molecular formula is C19H28N2. The first-order valence-corrected chi connectivity index (χ1v) is 8.34. The van der Waals surface area contributed by atoms with Crippen molar-refractivity contribution in [2.45, 2.75) is 59.0 Å². The summed E-state index contributed by atoms with van der Waals surface area (Å²) in [5.74, 6) is 0.788. The van der Waals surface area contributed by atoms with Gasteiger partial charge in [-0.25, -0.2) is 0 Å². The number of aromatic amines is 1. The molecule has 1 aromatic heterocycles. The number of benzene rings is 1. The van der Waals surface area contributed by atoms with Gasteiger partial charge in [0.25, 0.3) is 0 Å². The molecule has 1 aliphatic carbocycles. The molecule has 0 bridgehead atoms. The van der Waals surface area contributed by atoms with E-state index in [4.69, 9.17) is 0 Å². The van der Waals surface area contributed by atoms with E-state index < -0.39 is 0 Å². The van der Waals surface area contributed by atoms with Gasteiger partial charge in [-0.3, -0.25) is 0 Å². The number of rotatable bonds is 3. The van der Waals surface area contributed by atoms with E-state index in [-0.39, 0.29) is 0 Å². The summed E-state index contributed by atoms with van der Waals surface area (Å²) in [6.07, 6.45) is 7.62. The third-order valence-corrected chi connectivity index (χ3v) is 5.11. The second kappa shape index (κ2) is 5.84. The third kappa shape index (κ3) is 3.16. The Morgan fingerprint density at radius 1 is 1.14 bits per heavy atom. The highest BCUT2D eigenvalue weighted by atomic mass is 14.9. The van der Waals surface area contributed by atoms with Gasteiger partial charge in [0.15, 0.2) is 0 Å². The van der Waals surface area contributed by atoms with E-state index in [0.29, 0.717) is 11.5 Å². The van der Waals surface area contributed by atoms with Crippen molar-refractivity contribution in [3.8, 4) is 0 Å². The molecule has 2 atom stereocenters. The molecule has 1 heterocycles. The minimum atomic E-state index is 0.401. The molecule has 0 radical (unpaired) electrons. The Kier molecular flexibility index (Phi) is 4.08. The van der Waals surface area contributed by atoms with Gasteiger partial charge in [-0.1, -0.05) is 51.8 Å². The monoisotopic (exact) mass is 284 g/mol. The molecule has 2 N–H and O–H groups in total. The molecule has 3 rings (SSSR count). The lowest BCUT2D eigenvalue weighted by Crippen LogP contribution is -2.43. The molecule has 2 nitrogen and oxygen atoms in total. The maximum absolute atomic E-state index is 3.85. The number of para-hydroxylation sites is 1. The number of aromatic nitrogens is 1. The lowest BCUT2D eigenvalue weighted by molar-refractivity contribution is 0.130. The molecule has 1 fully saturated rings. The van der Waals surface area contributed by atoms with E-state index in [9.17, 15) is 0 Å². The molecule has 2 aromatic rings. The summed E-state index contributed by atoms with van der Waals surface area (Å²) in [4.78, 5) is 3.38. The molecule has 0 amide bonds. The van der Waals surface area contributed by atoms with Gasteiger partial charge in [0.1, 0.15) is 0 Å². The Hall–Kier alpha value is -1.28. The van der Waals surface area contributed by atoms with Gasteiger partial charge in [0.2, 0.25) is 0 Å². The number of hydrogen-bond acceptors (Lipinski definition) is 1. The largest absolute Gasteiger partial charge is 0.361 e. The van der Waals surface area contributed by atoms with Crippen molar-refractivity contribution in [2.75, 3.05) is 0 Å². The van der Waals surface area contributed by atoms with Crippen molar-refractivity contribution >= 4 is 10.9 Å². The van der Waals surface area contributed by atoms with Crippen LogP contribution in [0.1, 0.15) is 52.0 Å². The van der Waals surface area contributed by atoms with Crippen LogP contribution in [-0.2, 0) is 6.54 Å². The highest BCUT2D eigenvalue weighted by molar-refractivity contribution is 5.82. The summed E-state index contributed by atoms with van der Waals surface area (Å²) in [5.41, 5.74) is 3.03. The van der Waals surface area contributed by atoms with E-state index in [1.54, 1.807) is 0 Å². The Bertz CT molecular complexity index is 591. The first kappa shape index (κ1) is 14.6. The molecule has 2 unspecified atom stereocenters. The van der Waals surface area contributed by atoms with Gasteiger partial charge in [0, 0.05) is 29.7 Å². The van der Waals surface area contributed by atoms with Crippen LogP contribution in [0.15, 0.2) is 30.5 Å². The van der Waals surface area contributed by atoms with Crippen LogP contribution in [0.5, 0.6) is 0 Å². The number of H-pyrrole nitrogens is 1. The van der Waals surface area contributed by atoms with E-state index in [2.05, 4.69) is 61.5 Å². The Morgan fingerprint density at radius 2 is 1.90 bits per heavy atom. The van der Waals surface area contributed by atoms with Gasteiger partial charge in [0.05, 0.1) is 0 Å². The summed E-state index contributed by atoms with van der Waals surface area (Å²) in [6.45, 7) is 8.15. The summed E-state index contributed by atoms with van der Waals surface area (Å²) in [7, 11) is 0. The van der Waals surface area contributed by atoms with Crippen molar-refractivity contribution in [1.82, 2.24) is 10.3 Å². The standard InChI is InChI=1S/C19H28N2/c1-19(2,3)16-9-5-7-11-18(16)21-13-14-12-20-17-10-6-4-8-15(14)17/h4,6,8,10,12,16,18,20-21H,5,7,9,11,13H2,1-3H3. The molecule has 1 aliphatic rings. The highest BCUT2D eigenvalue weighted by Gasteiger charge is 2.33. The molecule has 0 saturated heterocycles. The first-order chi connectivity index (χ1) is 10.1. The van der Waals surface area contributed by atoms with Crippen molar-refractivity contribution in [2.24, 2.45) is 11.3 Å². The van der Waals surface area contributed by atoms with Crippen LogP contribution < -0.4 is 5.32 Å². The fraction of sp³-hybridized carbons (Fsp3) is 0.579. The van der Waals surface area contributed by atoms with Gasteiger partial charge in [-0.05, 0) is 35.8 Å². The van der Waals surface area contributed by atoms with Crippen LogP contribution in [0.3, 0.4) is 0 Å². The van der Waals surface area contributed by atoms with Crippen LogP contribution in [0, 0.1) is 11.3 Å². The van der Waals surface area contributed by atoms with Crippen molar-refractivity contribution in [1.29, 1.82) is 0 Å². The lowest BCUT2D eigenvalue weighted by Gasteiger charge is -2.41. The van der Waals surface area contributed by atoms with Gasteiger partial charge >= 0.3 is 0 Å². The van der Waals surface area contributed by atoms with Crippen LogP contribution in [-0.4, -0.2) is 11.0 Å². The fourth-order valence-corrected chi connectivity index (χ4v) is 3.93. The first-order valence-electron chi connectivity index (χ1n) is 8.34. The minimum Gasteiger partial charge on any atom is -0.361 e. The second-order valence-corrected chi connectivity index (χ2v) is 7.60. The Balaban J connectivity index is 1.71. The summed E-state index contributed by atoms with van der Waals surface area (Å²) < 4.78 is 0. The van der Waals surface area contributed by atoms with Crippen molar-refractivity contribution < 1.29 is 0 Å². The normalized spacial score (nSPS) is 23.6. The number of hydrogen-bond donors (Lipinski definition) is 2. The zero-order valence-electron chi connectivity index (χ0n) is 13.6. The Morgan fingerprint density at radius 3 is 2.71 bits per heavy atom.